The Hall–Kier alpha value is -1.45. The average Bonchev–Trinajstić information content (AvgIpc) is 2.18. The molecule has 14 heavy (non-hydrogen) atoms. The third-order valence-corrected chi connectivity index (χ3v) is 1.79. The van der Waals surface area contributed by atoms with Crippen LogP contribution in [0, 0.1) is 0 Å². The molecule has 0 saturated carbocycles. The molecule has 0 fully saturated rings. The molecule has 4 heteroatoms. The van der Waals surface area contributed by atoms with Crippen LogP contribution in [-0.2, 0) is 4.74 Å². The monoisotopic (exact) mass is 194 g/mol. The van der Waals surface area contributed by atoms with Crippen LogP contribution in [0.2, 0.25) is 0 Å². The van der Waals surface area contributed by atoms with Crippen molar-refractivity contribution in [1.82, 2.24) is 9.97 Å². The van der Waals surface area contributed by atoms with Crippen LogP contribution in [0.15, 0.2) is 12.5 Å². The zero-order valence-electron chi connectivity index (χ0n) is 8.65. The average molecular weight is 194 g/mol. The molecule has 0 saturated heterocycles. The predicted octanol–water partition coefficient (Wildman–Crippen LogP) is 1.78. The first kappa shape index (κ1) is 10.6. The molecule has 0 bridgehead atoms. The molecule has 0 unspecified atom stereocenters. The summed E-state index contributed by atoms with van der Waals surface area (Å²) in [4.78, 5) is 19.4. The lowest BCUT2D eigenvalue weighted by Gasteiger charge is -2.08. The summed E-state index contributed by atoms with van der Waals surface area (Å²) in [7, 11) is 0. The lowest BCUT2D eigenvalue weighted by atomic mass is 10.1. The summed E-state index contributed by atoms with van der Waals surface area (Å²) in [5.74, 6) is -0.158. The summed E-state index contributed by atoms with van der Waals surface area (Å²) in [6.45, 7) is 6.10. The highest BCUT2D eigenvalue weighted by Crippen LogP contribution is 2.16. The summed E-state index contributed by atoms with van der Waals surface area (Å²) >= 11 is 0. The van der Waals surface area contributed by atoms with Crippen molar-refractivity contribution in [3.8, 4) is 0 Å². The normalized spacial score (nSPS) is 10.3. The van der Waals surface area contributed by atoms with Crippen molar-refractivity contribution >= 4 is 5.97 Å². The van der Waals surface area contributed by atoms with Gasteiger partial charge in [-0.2, -0.15) is 0 Å². The number of rotatable bonds is 3. The van der Waals surface area contributed by atoms with Gasteiger partial charge in [0.15, 0.2) is 0 Å². The van der Waals surface area contributed by atoms with Crippen molar-refractivity contribution in [3.63, 3.8) is 0 Å². The Balaban J connectivity index is 3.00. The van der Waals surface area contributed by atoms with E-state index >= 15 is 0 Å². The van der Waals surface area contributed by atoms with E-state index in [-0.39, 0.29) is 11.9 Å². The molecule has 0 aliphatic carbocycles. The Kier molecular flexibility index (Phi) is 3.56. The van der Waals surface area contributed by atoms with Gasteiger partial charge in [-0.3, -0.25) is 0 Å². The van der Waals surface area contributed by atoms with E-state index in [0.29, 0.717) is 12.2 Å². The van der Waals surface area contributed by atoms with Gasteiger partial charge in [0, 0.05) is 6.20 Å². The minimum atomic E-state index is -0.350. The molecule has 0 spiro atoms. The van der Waals surface area contributed by atoms with E-state index in [9.17, 15) is 4.79 Å². The van der Waals surface area contributed by atoms with E-state index in [0.717, 1.165) is 5.69 Å². The Morgan fingerprint density at radius 3 is 2.86 bits per heavy atom. The summed E-state index contributed by atoms with van der Waals surface area (Å²) in [6, 6.07) is 0. The van der Waals surface area contributed by atoms with Crippen LogP contribution in [0.1, 0.15) is 42.7 Å². The van der Waals surface area contributed by atoms with Gasteiger partial charge in [0.25, 0.3) is 0 Å². The van der Waals surface area contributed by atoms with Gasteiger partial charge in [-0.25, -0.2) is 14.8 Å². The molecule has 0 amide bonds. The second-order valence-electron chi connectivity index (χ2n) is 3.20. The molecule has 1 aromatic rings. The van der Waals surface area contributed by atoms with E-state index < -0.39 is 0 Å². The molecule has 1 rings (SSSR count). The number of esters is 1. The van der Waals surface area contributed by atoms with E-state index in [2.05, 4.69) is 9.97 Å². The Bertz CT molecular complexity index is 324. The topological polar surface area (TPSA) is 52.1 Å². The molecule has 1 aromatic heterocycles. The van der Waals surface area contributed by atoms with Gasteiger partial charge in [0.05, 0.1) is 17.9 Å². The standard InChI is InChI=1S/C10H14N2O2/c1-4-14-10(13)8-5-11-6-12-9(8)7(2)3/h5-7H,4H2,1-3H3. The fourth-order valence-electron chi connectivity index (χ4n) is 1.17. The van der Waals surface area contributed by atoms with Gasteiger partial charge in [-0.1, -0.05) is 13.8 Å². The van der Waals surface area contributed by atoms with Crippen LogP contribution in [0.3, 0.4) is 0 Å². The van der Waals surface area contributed by atoms with Gasteiger partial charge in [-0.05, 0) is 12.8 Å². The third-order valence-electron chi connectivity index (χ3n) is 1.79. The van der Waals surface area contributed by atoms with Gasteiger partial charge in [-0.15, -0.1) is 0 Å². The van der Waals surface area contributed by atoms with Crippen LogP contribution in [-0.4, -0.2) is 22.5 Å². The summed E-state index contributed by atoms with van der Waals surface area (Å²) in [5, 5.41) is 0. The minimum absolute atomic E-state index is 0.192. The fraction of sp³-hybridized carbons (Fsp3) is 0.500. The highest BCUT2D eigenvalue weighted by molar-refractivity contribution is 5.90. The zero-order chi connectivity index (χ0) is 10.6. The largest absolute Gasteiger partial charge is 0.462 e. The van der Waals surface area contributed by atoms with E-state index in [4.69, 9.17) is 4.74 Å². The summed E-state index contributed by atoms with van der Waals surface area (Å²) in [6.07, 6.45) is 2.94. The summed E-state index contributed by atoms with van der Waals surface area (Å²) in [5.41, 5.74) is 1.20. The Labute approximate surface area is 83.3 Å². The van der Waals surface area contributed by atoms with Crippen LogP contribution in [0.4, 0.5) is 0 Å². The number of carbonyl (C=O) groups is 1. The van der Waals surface area contributed by atoms with Gasteiger partial charge >= 0.3 is 5.97 Å². The second-order valence-corrected chi connectivity index (χ2v) is 3.20. The quantitative estimate of drug-likeness (QED) is 0.688. The van der Waals surface area contributed by atoms with E-state index in [1.54, 1.807) is 6.92 Å². The van der Waals surface area contributed by atoms with Crippen molar-refractivity contribution < 1.29 is 9.53 Å². The Morgan fingerprint density at radius 1 is 1.57 bits per heavy atom. The first-order chi connectivity index (χ1) is 6.66. The molecule has 0 radical (unpaired) electrons. The lowest BCUT2D eigenvalue weighted by molar-refractivity contribution is 0.0523. The third kappa shape index (κ3) is 2.28. The van der Waals surface area contributed by atoms with Crippen LogP contribution in [0.5, 0.6) is 0 Å². The molecule has 0 atom stereocenters. The maximum Gasteiger partial charge on any atom is 0.341 e. The molecule has 0 N–H and O–H groups in total. The number of carbonyl (C=O) groups excluding carboxylic acids is 1. The van der Waals surface area contributed by atoms with Crippen LogP contribution in [0.25, 0.3) is 0 Å². The number of aromatic nitrogens is 2. The van der Waals surface area contributed by atoms with E-state index in [1.807, 2.05) is 13.8 Å². The van der Waals surface area contributed by atoms with Crippen molar-refractivity contribution in [1.29, 1.82) is 0 Å². The van der Waals surface area contributed by atoms with Crippen LogP contribution >= 0.6 is 0 Å². The Morgan fingerprint density at radius 2 is 2.29 bits per heavy atom. The predicted molar refractivity (Wildman–Crippen MR) is 52.1 cm³/mol. The summed E-state index contributed by atoms with van der Waals surface area (Å²) < 4.78 is 4.90. The fourth-order valence-corrected chi connectivity index (χ4v) is 1.17. The van der Waals surface area contributed by atoms with Crippen molar-refractivity contribution in [2.45, 2.75) is 26.7 Å². The van der Waals surface area contributed by atoms with Crippen molar-refractivity contribution in [2.75, 3.05) is 6.61 Å². The number of ether oxygens (including phenoxy) is 1. The van der Waals surface area contributed by atoms with Crippen molar-refractivity contribution in [3.05, 3.63) is 23.8 Å². The second kappa shape index (κ2) is 4.69. The molecular weight excluding hydrogens is 180 g/mol. The lowest BCUT2D eigenvalue weighted by Crippen LogP contribution is -2.11. The van der Waals surface area contributed by atoms with Gasteiger partial charge in [0.2, 0.25) is 0 Å². The zero-order valence-corrected chi connectivity index (χ0v) is 8.65. The highest BCUT2D eigenvalue weighted by atomic mass is 16.5. The first-order valence-electron chi connectivity index (χ1n) is 4.63. The number of hydrogen-bond acceptors (Lipinski definition) is 4. The molecular formula is C10H14N2O2. The smallest absolute Gasteiger partial charge is 0.341 e. The first-order valence-corrected chi connectivity index (χ1v) is 4.63. The number of nitrogens with zero attached hydrogens (tertiary/aromatic N) is 2. The molecule has 1 heterocycles. The molecule has 76 valence electrons. The SMILES string of the molecule is CCOC(=O)c1cncnc1C(C)C. The molecule has 0 aromatic carbocycles. The number of hydrogen-bond donors (Lipinski definition) is 0. The molecule has 0 aliphatic rings. The van der Waals surface area contributed by atoms with E-state index in [1.165, 1.54) is 12.5 Å². The molecule has 4 nitrogen and oxygen atoms in total. The minimum Gasteiger partial charge on any atom is -0.462 e. The van der Waals surface area contributed by atoms with Gasteiger partial charge in [0.1, 0.15) is 6.33 Å². The van der Waals surface area contributed by atoms with Gasteiger partial charge < -0.3 is 4.74 Å². The maximum atomic E-state index is 11.5. The highest BCUT2D eigenvalue weighted by Gasteiger charge is 2.15. The molecule has 0 aliphatic heterocycles. The van der Waals surface area contributed by atoms with Crippen molar-refractivity contribution in [2.24, 2.45) is 0 Å². The maximum absolute atomic E-state index is 11.5. The van der Waals surface area contributed by atoms with Crippen LogP contribution < -0.4 is 0 Å².